The summed E-state index contributed by atoms with van der Waals surface area (Å²) in [6, 6.07) is 5.86. The van der Waals surface area contributed by atoms with Crippen LogP contribution in [0.3, 0.4) is 0 Å². The van der Waals surface area contributed by atoms with Gasteiger partial charge in [0.15, 0.2) is 0 Å². The van der Waals surface area contributed by atoms with Gasteiger partial charge in [-0.1, -0.05) is 12.1 Å². The molecule has 0 atom stereocenters. The van der Waals surface area contributed by atoms with E-state index >= 15 is 0 Å². The fourth-order valence-electron chi connectivity index (χ4n) is 2.61. The quantitative estimate of drug-likeness (QED) is 0.485. The standard InChI is InChI=1S/C16H14N2O5/c1-3-17-14(20)15(21)18(16(17)22)8-10-7-13(19)23-12-6-9(2)4-5-11(10)12/h4-7H,3,8H2,1-2H3. The Kier molecular flexibility index (Phi) is 3.48. The summed E-state index contributed by atoms with van der Waals surface area (Å²) in [7, 11) is 0. The molecule has 7 nitrogen and oxygen atoms in total. The molecule has 23 heavy (non-hydrogen) atoms. The molecule has 2 heterocycles. The van der Waals surface area contributed by atoms with Gasteiger partial charge in [0.05, 0.1) is 6.54 Å². The van der Waals surface area contributed by atoms with Crippen molar-refractivity contribution >= 4 is 28.8 Å². The predicted octanol–water partition coefficient (Wildman–Crippen LogP) is 1.41. The van der Waals surface area contributed by atoms with Gasteiger partial charge in [-0.15, -0.1) is 0 Å². The van der Waals surface area contributed by atoms with Gasteiger partial charge in [-0.2, -0.15) is 0 Å². The summed E-state index contributed by atoms with van der Waals surface area (Å²) in [5.74, 6) is -1.73. The number of fused-ring (bicyclic) bond motifs is 1. The van der Waals surface area contributed by atoms with Gasteiger partial charge in [-0.05, 0) is 31.0 Å². The van der Waals surface area contributed by atoms with Crippen molar-refractivity contribution in [1.82, 2.24) is 9.80 Å². The van der Waals surface area contributed by atoms with Crippen molar-refractivity contribution in [3.63, 3.8) is 0 Å². The number of likely N-dealkylation sites (N-methyl/N-ethyl adjacent to an activating group) is 1. The highest BCUT2D eigenvalue weighted by atomic mass is 16.4. The molecule has 0 unspecified atom stereocenters. The van der Waals surface area contributed by atoms with Crippen LogP contribution < -0.4 is 5.63 Å². The predicted molar refractivity (Wildman–Crippen MR) is 80.6 cm³/mol. The Morgan fingerprint density at radius 1 is 1.00 bits per heavy atom. The van der Waals surface area contributed by atoms with Crippen LogP contribution in [0.2, 0.25) is 0 Å². The number of imide groups is 2. The summed E-state index contributed by atoms with van der Waals surface area (Å²) < 4.78 is 5.14. The van der Waals surface area contributed by atoms with Crippen molar-refractivity contribution in [1.29, 1.82) is 0 Å². The zero-order valence-corrected chi connectivity index (χ0v) is 12.7. The van der Waals surface area contributed by atoms with Gasteiger partial charge in [0, 0.05) is 18.0 Å². The van der Waals surface area contributed by atoms with Gasteiger partial charge in [-0.3, -0.25) is 19.4 Å². The number of hydrogen-bond donors (Lipinski definition) is 0. The van der Waals surface area contributed by atoms with Gasteiger partial charge >= 0.3 is 23.5 Å². The SMILES string of the molecule is CCN1C(=O)C(=O)N(Cc2cc(=O)oc3cc(C)ccc23)C1=O. The number of carbonyl (C=O) groups excluding carboxylic acids is 3. The van der Waals surface area contributed by atoms with E-state index in [-0.39, 0.29) is 13.1 Å². The largest absolute Gasteiger partial charge is 0.423 e. The number of aryl methyl sites for hydroxylation is 1. The minimum Gasteiger partial charge on any atom is -0.423 e. The van der Waals surface area contributed by atoms with Crippen molar-refractivity contribution in [3.8, 4) is 0 Å². The van der Waals surface area contributed by atoms with Crippen LogP contribution in [0.25, 0.3) is 11.0 Å². The number of benzene rings is 1. The van der Waals surface area contributed by atoms with Gasteiger partial charge in [0.25, 0.3) is 0 Å². The molecule has 1 aromatic carbocycles. The zero-order valence-electron chi connectivity index (χ0n) is 12.7. The van der Waals surface area contributed by atoms with Gasteiger partial charge in [-0.25, -0.2) is 9.59 Å². The second-order valence-electron chi connectivity index (χ2n) is 5.31. The number of nitrogens with zero attached hydrogens (tertiary/aromatic N) is 2. The molecule has 1 aliphatic heterocycles. The van der Waals surface area contributed by atoms with Crippen LogP contribution in [0.5, 0.6) is 0 Å². The number of hydrogen-bond acceptors (Lipinski definition) is 5. The molecule has 1 aliphatic rings. The molecule has 1 aromatic heterocycles. The summed E-state index contributed by atoms with van der Waals surface area (Å²) in [5.41, 5.74) is 1.18. The molecule has 1 fully saturated rings. The number of rotatable bonds is 3. The van der Waals surface area contributed by atoms with Crippen molar-refractivity contribution in [2.75, 3.05) is 6.54 Å². The number of amides is 4. The van der Waals surface area contributed by atoms with Crippen molar-refractivity contribution in [3.05, 3.63) is 45.8 Å². The maximum atomic E-state index is 12.1. The average molecular weight is 314 g/mol. The van der Waals surface area contributed by atoms with Crippen LogP contribution in [0.4, 0.5) is 4.79 Å². The fraction of sp³-hybridized carbons (Fsp3) is 0.250. The first kappa shape index (κ1) is 15.0. The summed E-state index contributed by atoms with van der Waals surface area (Å²) in [6.45, 7) is 3.45. The molecule has 0 saturated carbocycles. The van der Waals surface area contributed by atoms with Gasteiger partial charge in [0.2, 0.25) is 0 Å². The third kappa shape index (κ3) is 2.40. The summed E-state index contributed by atoms with van der Waals surface area (Å²) in [4.78, 5) is 49.3. The Labute approximate surface area is 131 Å². The first-order valence-corrected chi connectivity index (χ1v) is 7.13. The smallest absolute Gasteiger partial charge is 0.336 e. The molecular formula is C16H14N2O5. The van der Waals surface area contributed by atoms with E-state index in [2.05, 4.69) is 0 Å². The number of urea groups is 1. The van der Waals surface area contributed by atoms with Crippen LogP contribution >= 0.6 is 0 Å². The normalized spacial score (nSPS) is 15.1. The van der Waals surface area contributed by atoms with E-state index in [0.717, 1.165) is 15.4 Å². The van der Waals surface area contributed by atoms with E-state index in [0.29, 0.717) is 16.5 Å². The molecule has 1 saturated heterocycles. The number of carbonyl (C=O) groups is 3. The van der Waals surface area contributed by atoms with Crippen LogP contribution in [-0.4, -0.2) is 34.2 Å². The first-order valence-electron chi connectivity index (χ1n) is 7.13. The third-order valence-corrected chi connectivity index (χ3v) is 3.77. The van der Waals surface area contributed by atoms with Gasteiger partial charge in [0.1, 0.15) is 5.58 Å². The molecule has 2 aromatic rings. The maximum Gasteiger partial charge on any atom is 0.336 e. The monoisotopic (exact) mass is 314 g/mol. The highest BCUT2D eigenvalue weighted by Gasteiger charge is 2.43. The highest BCUT2D eigenvalue weighted by Crippen LogP contribution is 2.22. The lowest BCUT2D eigenvalue weighted by molar-refractivity contribution is -0.143. The van der Waals surface area contributed by atoms with Crippen LogP contribution in [0, 0.1) is 6.92 Å². The Morgan fingerprint density at radius 2 is 1.70 bits per heavy atom. The summed E-state index contributed by atoms with van der Waals surface area (Å²) in [5, 5.41) is 0.623. The molecular weight excluding hydrogens is 300 g/mol. The van der Waals surface area contributed by atoms with E-state index in [9.17, 15) is 19.2 Å². The van der Waals surface area contributed by atoms with E-state index in [1.54, 1.807) is 19.1 Å². The Balaban J connectivity index is 2.05. The second kappa shape index (κ2) is 5.35. The fourth-order valence-corrected chi connectivity index (χ4v) is 2.61. The van der Waals surface area contributed by atoms with E-state index in [1.807, 2.05) is 13.0 Å². The Morgan fingerprint density at radius 3 is 2.35 bits per heavy atom. The molecule has 0 spiro atoms. The first-order chi connectivity index (χ1) is 10.9. The minimum absolute atomic E-state index is 0.122. The second-order valence-corrected chi connectivity index (χ2v) is 5.31. The molecule has 7 heteroatoms. The highest BCUT2D eigenvalue weighted by molar-refractivity contribution is 6.44. The van der Waals surface area contributed by atoms with Crippen LogP contribution in [0.1, 0.15) is 18.1 Å². The van der Waals surface area contributed by atoms with Crippen molar-refractivity contribution in [2.24, 2.45) is 0 Å². The topological polar surface area (TPSA) is 87.9 Å². The molecule has 0 N–H and O–H groups in total. The lowest BCUT2D eigenvalue weighted by atomic mass is 10.1. The molecule has 3 rings (SSSR count). The molecule has 0 bridgehead atoms. The van der Waals surface area contributed by atoms with Crippen molar-refractivity contribution < 1.29 is 18.8 Å². The van der Waals surface area contributed by atoms with Crippen LogP contribution in [-0.2, 0) is 16.1 Å². The Bertz CT molecular complexity index is 899. The van der Waals surface area contributed by atoms with Crippen LogP contribution in [0.15, 0.2) is 33.5 Å². The molecule has 0 radical (unpaired) electrons. The lowest BCUT2D eigenvalue weighted by Gasteiger charge is -2.15. The van der Waals surface area contributed by atoms with E-state index in [4.69, 9.17) is 4.42 Å². The lowest BCUT2D eigenvalue weighted by Crippen LogP contribution is -2.33. The zero-order chi connectivity index (χ0) is 16.7. The van der Waals surface area contributed by atoms with Gasteiger partial charge < -0.3 is 4.42 Å². The van der Waals surface area contributed by atoms with E-state index in [1.165, 1.54) is 6.07 Å². The minimum atomic E-state index is -0.884. The Hall–Kier alpha value is -2.96. The third-order valence-electron chi connectivity index (χ3n) is 3.77. The molecule has 118 valence electrons. The van der Waals surface area contributed by atoms with E-state index < -0.39 is 23.5 Å². The maximum absolute atomic E-state index is 12.1. The molecule has 4 amide bonds. The summed E-state index contributed by atoms with van der Waals surface area (Å²) in [6.07, 6.45) is 0. The van der Waals surface area contributed by atoms with Crippen molar-refractivity contribution in [2.45, 2.75) is 20.4 Å². The average Bonchev–Trinajstić information content (AvgIpc) is 2.70. The summed E-state index contributed by atoms with van der Waals surface area (Å²) >= 11 is 0. The molecule has 0 aliphatic carbocycles.